The first kappa shape index (κ1) is 9.23. The molecule has 0 spiro atoms. The predicted octanol–water partition coefficient (Wildman–Crippen LogP) is 3.09. The molecule has 0 saturated carbocycles. The van der Waals surface area contributed by atoms with Crippen LogP contribution in [0.15, 0.2) is 24.3 Å². The smallest absolute Gasteiger partial charge is 0.0872 e. The van der Waals surface area contributed by atoms with E-state index in [9.17, 15) is 0 Å². The normalized spacial score (nSPS) is 12.1. The van der Waals surface area contributed by atoms with Gasteiger partial charge in [-0.05, 0) is 19.2 Å². The lowest BCUT2D eigenvalue weighted by Crippen LogP contribution is -1.81. The summed E-state index contributed by atoms with van der Waals surface area (Å²) >= 11 is 0. The molecular weight excluding hydrogens is 165 g/mol. The molecule has 0 N–H and O–H groups in total. The topological polar surface area (TPSA) is 23.8 Å². The third-order valence-electron chi connectivity index (χ3n) is 1.71. The zero-order chi connectivity index (χ0) is 8.97. The second-order valence-corrected chi connectivity index (χ2v) is 4.85. The summed E-state index contributed by atoms with van der Waals surface area (Å²) in [5, 5.41) is 8.63. The van der Waals surface area contributed by atoms with E-state index in [1.54, 1.807) is 0 Å². The van der Waals surface area contributed by atoms with E-state index in [4.69, 9.17) is 5.26 Å². The summed E-state index contributed by atoms with van der Waals surface area (Å²) in [6, 6.07) is 8.39. The largest absolute Gasteiger partial charge is 0.193 e. The van der Waals surface area contributed by atoms with Crippen molar-refractivity contribution in [1.29, 1.82) is 5.26 Å². The van der Waals surface area contributed by atoms with Crippen molar-refractivity contribution < 1.29 is 0 Å². The predicted molar refractivity (Wildman–Crippen MR) is 53.3 cm³/mol. The third kappa shape index (κ3) is 2.64. The number of nitriles is 1. The van der Waals surface area contributed by atoms with Crippen LogP contribution < -0.4 is 0 Å². The average molecular weight is 177 g/mol. The summed E-state index contributed by atoms with van der Waals surface area (Å²) in [4.78, 5) is 0. The van der Waals surface area contributed by atoms with Crippen molar-refractivity contribution in [3.63, 3.8) is 0 Å². The van der Waals surface area contributed by atoms with Crippen molar-refractivity contribution in [2.24, 2.45) is 0 Å². The maximum absolute atomic E-state index is 8.63. The lowest BCUT2D eigenvalue weighted by Gasteiger charge is -2.02. The number of hydrogen-bond acceptors (Lipinski definition) is 1. The molecule has 0 radical (unpaired) electrons. The molecule has 2 heteroatoms. The molecule has 1 rings (SSSR count). The molecule has 0 aromatic heterocycles. The van der Waals surface area contributed by atoms with Crippen molar-refractivity contribution in [1.82, 2.24) is 0 Å². The van der Waals surface area contributed by atoms with Gasteiger partial charge in [-0.1, -0.05) is 29.8 Å². The van der Waals surface area contributed by atoms with Gasteiger partial charge in [-0.25, -0.2) is 0 Å². The SMILES string of the molecule is Cc1ccc(CP(C)C#N)cc1. The Hall–Kier alpha value is -0.860. The van der Waals surface area contributed by atoms with E-state index in [1.807, 2.05) is 6.66 Å². The number of aryl methyl sites for hydroxylation is 1. The van der Waals surface area contributed by atoms with Gasteiger partial charge in [0.25, 0.3) is 0 Å². The molecule has 1 aromatic carbocycles. The van der Waals surface area contributed by atoms with E-state index in [-0.39, 0.29) is 0 Å². The minimum absolute atomic E-state index is 0.459. The summed E-state index contributed by atoms with van der Waals surface area (Å²) in [5.74, 6) is 2.29. The monoisotopic (exact) mass is 177 g/mol. The number of rotatable bonds is 2. The Balaban J connectivity index is 2.66. The van der Waals surface area contributed by atoms with Crippen LogP contribution in [0, 0.1) is 18.0 Å². The van der Waals surface area contributed by atoms with Gasteiger partial charge in [-0.3, -0.25) is 0 Å². The molecule has 1 unspecified atom stereocenters. The minimum Gasteiger partial charge on any atom is -0.193 e. The van der Waals surface area contributed by atoms with Crippen LogP contribution >= 0.6 is 7.92 Å². The van der Waals surface area contributed by atoms with Gasteiger partial charge in [0.1, 0.15) is 0 Å². The van der Waals surface area contributed by atoms with Crippen molar-refractivity contribution in [3.8, 4) is 5.81 Å². The second kappa shape index (κ2) is 4.24. The highest BCUT2D eigenvalue weighted by Crippen LogP contribution is 2.33. The van der Waals surface area contributed by atoms with Crippen LogP contribution in [0.4, 0.5) is 0 Å². The first-order valence-electron chi connectivity index (χ1n) is 3.89. The van der Waals surface area contributed by atoms with Crippen LogP contribution in [-0.4, -0.2) is 6.66 Å². The summed E-state index contributed by atoms with van der Waals surface area (Å²) in [7, 11) is -0.459. The highest BCUT2D eigenvalue weighted by atomic mass is 31.1. The Bertz CT molecular complexity index is 284. The van der Waals surface area contributed by atoms with E-state index < -0.39 is 7.92 Å². The molecule has 0 aliphatic heterocycles. The average Bonchev–Trinajstić information content (AvgIpc) is 2.09. The Kier molecular flexibility index (Phi) is 3.26. The summed E-state index contributed by atoms with van der Waals surface area (Å²) in [5.41, 5.74) is 2.55. The highest BCUT2D eigenvalue weighted by molar-refractivity contribution is 7.61. The lowest BCUT2D eigenvalue weighted by atomic mass is 10.2. The van der Waals surface area contributed by atoms with Gasteiger partial charge >= 0.3 is 0 Å². The van der Waals surface area contributed by atoms with E-state index in [1.165, 1.54) is 11.1 Å². The minimum atomic E-state index is -0.459. The van der Waals surface area contributed by atoms with Crippen LogP contribution in [0.25, 0.3) is 0 Å². The quantitative estimate of drug-likeness (QED) is 0.637. The van der Waals surface area contributed by atoms with Crippen LogP contribution in [0.1, 0.15) is 11.1 Å². The highest BCUT2D eigenvalue weighted by Gasteiger charge is 1.99. The molecule has 1 nitrogen and oxygen atoms in total. The van der Waals surface area contributed by atoms with Crippen LogP contribution in [0.2, 0.25) is 0 Å². The zero-order valence-electron chi connectivity index (χ0n) is 7.41. The summed E-state index contributed by atoms with van der Waals surface area (Å²) < 4.78 is 0. The van der Waals surface area contributed by atoms with E-state index in [0.717, 1.165) is 6.16 Å². The fraction of sp³-hybridized carbons (Fsp3) is 0.300. The summed E-state index contributed by atoms with van der Waals surface area (Å²) in [6.45, 7) is 4.08. The lowest BCUT2D eigenvalue weighted by molar-refractivity contribution is 1.36. The van der Waals surface area contributed by atoms with Gasteiger partial charge in [0.15, 0.2) is 0 Å². The molecule has 0 saturated heterocycles. The molecule has 62 valence electrons. The fourth-order valence-electron chi connectivity index (χ4n) is 1.00. The third-order valence-corrected chi connectivity index (χ3v) is 2.89. The summed E-state index contributed by atoms with van der Waals surface area (Å²) in [6.07, 6.45) is 0.923. The van der Waals surface area contributed by atoms with Crippen molar-refractivity contribution in [2.45, 2.75) is 13.1 Å². The van der Waals surface area contributed by atoms with E-state index >= 15 is 0 Å². The Labute approximate surface area is 74.8 Å². The standard InChI is InChI=1S/C10H12NP/c1-9-3-5-10(6-4-9)7-12(2)8-11/h3-6H,7H2,1-2H3. The molecule has 1 atom stereocenters. The van der Waals surface area contributed by atoms with E-state index in [0.29, 0.717) is 0 Å². The molecule has 1 aromatic rings. The molecule has 0 bridgehead atoms. The number of benzene rings is 1. The van der Waals surface area contributed by atoms with Gasteiger partial charge in [0, 0.05) is 14.1 Å². The molecule has 12 heavy (non-hydrogen) atoms. The van der Waals surface area contributed by atoms with Crippen LogP contribution in [0.3, 0.4) is 0 Å². The van der Waals surface area contributed by atoms with Crippen molar-refractivity contribution >= 4 is 7.92 Å². The maximum atomic E-state index is 8.63. The Morgan fingerprint density at radius 3 is 2.42 bits per heavy atom. The van der Waals surface area contributed by atoms with Gasteiger partial charge < -0.3 is 0 Å². The van der Waals surface area contributed by atoms with Gasteiger partial charge in [-0.15, -0.1) is 0 Å². The van der Waals surface area contributed by atoms with Crippen molar-refractivity contribution in [2.75, 3.05) is 6.66 Å². The molecular formula is C10H12NP. The van der Waals surface area contributed by atoms with E-state index in [2.05, 4.69) is 37.0 Å². The second-order valence-electron chi connectivity index (χ2n) is 2.94. The Morgan fingerprint density at radius 1 is 1.33 bits per heavy atom. The van der Waals surface area contributed by atoms with Gasteiger partial charge in [0.05, 0.1) is 5.81 Å². The van der Waals surface area contributed by atoms with Crippen molar-refractivity contribution in [3.05, 3.63) is 35.4 Å². The molecule has 0 aliphatic carbocycles. The number of hydrogen-bond donors (Lipinski definition) is 0. The van der Waals surface area contributed by atoms with Crippen LogP contribution in [0.5, 0.6) is 0 Å². The Morgan fingerprint density at radius 2 is 1.92 bits per heavy atom. The van der Waals surface area contributed by atoms with Crippen LogP contribution in [-0.2, 0) is 6.16 Å². The van der Waals surface area contributed by atoms with Gasteiger partial charge in [-0.2, -0.15) is 5.26 Å². The molecule has 0 fully saturated rings. The fourth-order valence-corrected chi connectivity index (χ4v) is 1.83. The first-order chi connectivity index (χ1) is 5.72. The first-order valence-corrected chi connectivity index (χ1v) is 5.86. The molecule has 0 amide bonds. The van der Waals surface area contributed by atoms with Gasteiger partial charge in [0.2, 0.25) is 0 Å². The molecule has 0 aliphatic rings. The molecule has 0 heterocycles. The number of nitrogens with zero attached hydrogens (tertiary/aromatic N) is 1. The maximum Gasteiger partial charge on any atom is 0.0872 e. The zero-order valence-corrected chi connectivity index (χ0v) is 8.31.